The molecule has 8 heteroatoms. The second-order valence-corrected chi connectivity index (χ2v) is 6.08. The highest BCUT2D eigenvalue weighted by Gasteiger charge is 2.13. The van der Waals surface area contributed by atoms with Gasteiger partial charge in [0.25, 0.3) is 0 Å². The molecule has 2 rings (SSSR count). The van der Waals surface area contributed by atoms with Gasteiger partial charge in [-0.05, 0) is 48.7 Å². The molecule has 0 unspecified atom stereocenters. The fourth-order valence-corrected chi connectivity index (χ4v) is 2.56. The van der Waals surface area contributed by atoms with E-state index in [-0.39, 0.29) is 0 Å². The van der Waals surface area contributed by atoms with E-state index in [9.17, 15) is 9.59 Å². The van der Waals surface area contributed by atoms with Gasteiger partial charge in [0.2, 0.25) is 0 Å². The molecule has 0 saturated carbocycles. The molecule has 152 valence electrons. The van der Waals surface area contributed by atoms with Gasteiger partial charge in [-0.3, -0.25) is 0 Å². The predicted octanol–water partition coefficient (Wildman–Crippen LogP) is 3.35. The maximum absolute atomic E-state index is 12.0. The summed E-state index contributed by atoms with van der Waals surface area (Å²) in [4.78, 5) is 22.8. The molecule has 3 N–H and O–H groups in total. The number of allylic oxidation sites excluding steroid dienone is 1. The number of urea groups is 1. The van der Waals surface area contributed by atoms with Crippen LogP contribution in [0.3, 0.4) is 0 Å². The summed E-state index contributed by atoms with van der Waals surface area (Å²) in [6, 6.07) is 10.3. The zero-order chi connectivity index (χ0) is 21.2. The van der Waals surface area contributed by atoms with E-state index in [0.717, 1.165) is 5.56 Å². The van der Waals surface area contributed by atoms with E-state index in [1.807, 2.05) is 25.1 Å². The number of anilines is 1. The number of carbonyl (C=O) groups excluding carboxylic acids is 1. The van der Waals surface area contributed by atoms with Crippen molar-refractivity contribution in [2.45, 2.75) is 13.3 Å². The SMILES string of the molecule is C=CCc1cc(/C=N/NC(=O)Nc2cccc(C)c2)cc(OC)c1OCC(=O)O. The van der Waals surface area contributed by atoms with Crippen LogP contribution in [-0.2, 0) is 11.2 Å². The number of ether oxygens (including phenoxy) is 2. The number of carboxylic acid groups (broad SMARTS) is 1. The largest absolute Gasteiger partial charge is 0.493 e. The number of carboxylic acids is 1. The minimum atomic E-state index is -1.09. The Labute approximate surface area is 168 Å². The normalized spacial score (nSPS) is 10.4. The fourth-order valence-electron chi connectivity index (χ4n) is 2.56. The van der Waals surface area contributed by atoms with Gasteiger partial charge in [0.05, 0.1) is 13.3 Å². The predicted molar refractivity (Wildman–Crippen MR) is 111 cm³/mol. The number of amides is 2. The van der Waals surface area contributed by atoms with Crippen molar-refractivity contribution >= 4 is 23.9 Å². The Morgan fingerprint density at radius 3 is 2.72 bits per heavy atom. The first-order valence-electron chi connectivity index (χ1n) is 8.76. The number of methoxy groups -OCH3 is 1. The van der Waals surface area contributed by atoms with Crippen LogP contribution in [0.4, 0.5) is 10.5 Å². The van der Waals surface area contributed by atoms with Crippen molar-refractivity contribution in [1.82, 2.24) is 5.43 Å². The molecule has 0 aromatic heterocycles. The molecule has 0 radical (unpaired) electrons. The molecule has 8 nitrogen and oxygen atoms in total. The molecule has 2 amide bonds. The van der Waals surface area contributed by atoms with Crippen LogP contribution in [0.5, 0.6) is 11.5 Å². The van der Waals surface area contributed by atoms with Gasteiger partial charge in [0.15, 0.2) is 18.1 Å². The van der Waals surface area contributed by atoms with E-state index in [1.165, 1.54) is 13.3 Å². The Bertz CT molecular complexity index is 925. The van der Waals surface area contributed by atoms with Gasteiger partial charge >= 0.3 is 12.0 Å². The fraction of sp³-hybridized carbons (Fsp3) is 0.190. The summed E-state index contributed by atoms with van der Waals surface area (Å²) in [5, 5.41) is 15.5. The first kappa shape index (κ1) is 21.5. The number of hydrogen-bond donors (Lipinski definition) is 3. The number of hydrogen-bond acceptors (Lipinski definition) is 5. The minimum absolute atomic E-state index is 0.331. The van der Waals surface area contributed by atoms with E-state index in [0.29, 0.717) is 34.7 Å². The van der Waals surface area contributed by atoms with Crippen LogP contribution in [0.25, 0.3) is 0 Å². The van der Waals surface area contributed by atoms with Gasteiger partial charge in [0.1, 0.15) is 0 Å². The molecule has 0 spiro atoms. The summed E-state index contributed by atoms with van der Waals surface area (Å²) < 4.78 is 10.7. The lowest BCUT2D eigenvalue weighted by Crippen LogP contribution is -2.24. The van der Waals surface area contributed by atoms with Gasteiger partial charge in [-0.15, -0.1) is 6.58 Å². The van der Waals surface area contributed by atoms with Gasteiger partial charge in [-0.25, -0.2) is 15.0 Å². The molecular weight excluding hydrogens is 374 g/mol. The molecule has 0 aliphatic carbocycles. The second-order valence-electron chi connectivity index (χ2n) is 6.08. The molecule has 0 aliphatic rings. The number of aliphatic carboxylic acids is 1. The summed E-state index contributed by atoms with van der Waals surface area (Å²) in [5.41, 5.74) is 5.40. The highest BCUT2D eigenvalue weighted by atomic mass is 16.5. The van der Waals surface area contributed by atoms with E-state index in [2.05, 4.69) is 22.4 Å². The van der Waals surface area contributed by atoms with Crippen LogP contribution in [0, 0.1) is 6.92 Å². The maximum Gasteiger partial charge on any atom is 0.341 e. The zero-order valence-corrected chi connectivity index (χ0v) is 16.3. The quantitative estimate of drug-likeness (QED) is 0.342. The van der Waals surface area contributed by atoms with Crippen LogP contribution in [-0.4, -0.2) is 37.0 Å². The van der Waals surface area contributed by atoms with Gasteiger partial charge in [-0.1, -0.05) is 18.2 Å². The van der Waals surface area contributed by atoms with Gasteiger partial charge < -0.3 is 19.9 Å². The minimum Gasteiger partial charge on any atom is -0.493 e. The molecule has 2 aromatic rings. The number of benzene rings is 2. The molecule has 0 atom stereocenters. The Kier molecular flexibility index (Phi) is 7.78. The van der Waals surface area contributed by atoms with E-state index in [1.54, 1.807) is 24.3 Å². The van der Waals surface area contributed by atoms with Crippen LogP contribution < -0.4 is 20.2 Å². The second kappa shape index (κ2) is 10.5. The van der Waals surface area contributed by atoms with Crippen molar-refractivity contribution < 1.29 is 24.2 Å². The third kappa shape index (κ3) is 6.69. The maximum atomic E-state index is 12.0. The standard InChI is InChI=1S/C21H23N3O5/c1-4-6-16-10-15(11-18(28-3)20(16)29-13-19(25)26)12-22-24-21(27)23-17-8-5-7-14(2)9-17/h4-5,7-12H,1,6,13H2,2-3H3,(H,25,26)(H2,23,24,27)/b22-12+. The van der Waals surface area contributed by atoms with E-state index >= 15 is 0 Å². The summed E-state index contributed by atoms with van der Waals surface area (Å²) in [7, 11) is 1.45. The summed E-state index contributed by atoms with van der Waals surface area (Å²) in [5.74, 6) is -0.403. The molecule has 0 bridgehead atoms. The summed E-state index contributed by atoms with van der Waals surface area (Å²) in [6.45, 7) is 5.14. The Morgan fingerprint density at radius 1 is 1.28 bits per heavy atom. The molecule has 2 aromatic carbocycles. The van der Waals surface area contributed by atoms with Crippen molar-refractivity contribution in [2.24, 2.45) is 5.10 Å². The molecule has 0 saturated heterocycles. The van der Waals surface area contributed by atoms with E-state index in [4.69, 9.17) is 14.6 Å². The van der Waals surface area contributed by atoms with Crippen LogP contribution >= 0.6 is 0 Å². The monoisotopic (exact) mass is 397 g/mol. The lowest BCUT2D eigenvalue weighted by Gasteiger charge is -2.14. The first-order chi connectivity index (χ1) is 13.9. The van der Waals surface area contributed by atoms with Gasteiger partial charge in [-0.2, -0.15) is 5.10 Å². The van der Waals surface area contributed by atoms with Crippen LogP contribution in [0.1, 0.15) is 16.7 Å². The Hall–Kier alpha value is -3.81. The summed E-state index contributed by atoms with van der Waals surface area (Å²) in [6.07, 6.45) is 3.55. The topological polar surface area (TPSA) is 109 Å². The van der Waals surface area contributed by atoms with Crippen molar-refractivity contribution in [2.75, 3.05) is 19.0 Å². The molecular formula is C21H23N3O5. The number of aryl methyl sites for hydroxylation is 1. The van der Waals surface area contributed by atoms with Crippen molar-refractivity contribution in [1.29, 1.82) is 0 Å². The molecule has 0 aliphatic heterocycles. The lowest BCUT2D eigenvalue weighted by atomic mass is 10.1. The highest BCUT2D eigenvalue weighted by molar-refractivity contribution is 5.90. The number of nitrogens with one attached hydrogen (secondary N) is 2. The third-order valence-electron chi connectivity index (χ3n) is 3.73. The smallest absolute Gasteiger partial charge is 0.341 e. The molecule has 29 heavy (non-hydrogen) atoms. The highest BCUT2D eigenvalue weighted by Crippen LogP contribution is 2.33. The third-order valence-corrected chi connectivity index (χ3v) is 3.73. The molecule has 0 fully saturated rings. The van der Waals surface area contributed by atoms with Gasteiger partial charge in [0, 0.05) is 11.3 Å². The number of rotatable bonds is 9. The van der Waals surface area contributed by atoms with Crippen molar-refractivity contribution in [3.8, 4) is 11.5 Å². The average Bonchev–Trinajstić information content (AvgIpc) is 2.66. The summed E-state index contributed by atoms with van der Waals surface area (Å²) >= 11 is 0. The Balaban J connectivity index is 2.12. The van der Waals surface area contributed by atoms with Crippen molar-refractivity contribution in [3.05, 3.63) is 65.7 Å². The van der Waals surface area contributed by atoms with Crippen LogP contribution in [0.2, 0.25) is 0 Å². The number of nitrogens with zero attached hydrogens (tertiary/aromatic N) is 1. The van der Waals surface area contributed by atoms with Crippen molar-refractivity contribution in [3.63, 3.8) is 0 Å². The lowest BCUT2D eigenvalue weighted by molar-refractivity contribution is -0.139. The average molecular weight is 397 g/mol. The van der Waals surface area contributed by atoms with Crippen LogP contribution in [0.15, 0.2) is 54.2 Å². The Morgan fingerprint density at radius 2 is 2.07 bits per heavy atom. The number of hydrazone groups is 1. The molecule has 0 heterocycles. The first-order valence-corrected chi connectivity index (χ1v) is 8.76. The number of carbonyl (C=O) groups is 2. The zero-order valence-electron chi connectivity index (χ0n) is 16.3. The van der Waals surface area contributed by atoms with E-state index < -0.39 is 18.6 Å².